The second-order valence-electron chi connectivity index (χ2n) is 4.85. The normalized spacial score (nSPS) is 19.1. The number of hydrogen-bond acceptors (Lipinski definition) is 4. The molecule has 0 aromatic heterocycles. The number of carboxylic acids is 1. The van der Waals surface area contributed by atoms with Crippen molar-refractivity contribution in [2.75, 3.05) is 6.61 Å². The first-order valence-corrected chi connectivity index (χ1v) is 7.00. The molecule has 5 nitrogen and oxygen atoms in total. The average molecular weight is 282 g/mol. The summed E-state index contributed by atoms with van der Waals surface area (Å²) in [6, 6.07) is 0. The highest BCUT2D eigenvalue weighted by Crippen LogP contribution is 2.28. The Bertz CT molecular complexity index is 408. The maximum atomic E-state index is 11.7. The van der Waals surface area contributed by atoms with Gasteiger partial charge in [-0.2, -0.15) is 0 Å². The van der Waals surface area contributed by atoms with E-state index in [4.69, 9.17) is 9.84 Å². The molecule has 0 spiro atoms. The predicted octanol–water partition coefficient (Wildman–Crippen LogP) is 2.20. The van der Waals surface area contributed by atoms with Gasteiger partial charge in [-0.3, -0.25) is 9.59 Å². The van der Waals surface area contributed by atoms with Gasteiger partial charge in [0.15, 0.2) is 5.78 Å². The van der Waals surface area contributed by atoms with E-state index in [1.54, 1.807) is 6.08 Å². The molecule has 0 heterocycles. The minimum Gasteiger partial charge on any atom is -0.501 e. The van der Waals surface area contributed by atoms with Crippen LogP contribution in [-0.4, -0.2) is 34.7 Å². The number of carbonyl (C=O) groups is 2. The number of allylic oxidation sites excluding steroid dienone is 1. The van der Waals surface area contributed by atoms with Crippen LogP contribution in [0.15, 0.2) is 23.5 Å². The number of ether oxygens (including phenoxy) is 1. The summed E-state index contributed by atoms with van der Waals surface area (Å²) in [5.74, 6) is -1.13. The van der Waals surface area contributed by atoms with Crippen LogP contribution in [0.2, 0.25) is 0 Å². The van der Waals surface area contributed by atoms with E-state index in [0.717, 1.165) is 19.3 Å². The lowest BCUT2D eigenvalue weighted by Crippen LogP contribution is -2.04. The lowest BCUT2D eigenvalue weighted by molar-refractivity contribution is -0.136. The van der Waals surface area contributed by atoms with Crippen LogP contribution in [0.25, 0.3) is 0 Å². The Kier molecular flexibility index (Phi) is 7.01. The topological polar surface area (TPSA) is 83.8 Å². The number of unbranched alkanes of at least 4 members (excludes halogenated alkanes) is 2. The highest BCUT2D eigenvalue weighted by Gasteiger charge is 2.29. The minimum absolute atomic E-state index is 0.0322. The van der Waals surface area contributed by atoms with E-state index in [9.17, 15) is 14.7 Å². The third kappa shape index (κ3) is 5.17. The number of aliphatic hydroxyl groups is 1. The van der Waals surface area contributed by atoms with Gasteiger partial charge in [0.25, 0.3) is 0 Å². The lowest BCUT2D eigenvalue weighted by Gasteiger charge is -2.05. The molecule has 1 atom stereocenters. The maximum Gasteiger partial charge on any atom is 0.303 e. The number of rotatable bonds is 9. The Morgan fingerprint density at radius 3 is 2.85 bits per heavy atom. The molecule has 0 saturated heterocycles. The number of carboxylic acid groups (broad SMARTS) is 1. The van der Waals surface area contributed by atoms with Gasteiger partial charge in [0.05, 0.1) is 19.0 Å². The van der Waals surface area contributed by atoms with Crippen molar-refractivity contribution in [3.05, 3.63) is 23.5 Å². The molecule has 1 aliphatic carbocycles. The summed E-state index contributed by atoms with van der Waals surface area (Å²) >= 11 is 0. The lowest BCUT2D eigenvalue weighted by atomic mass is 10.0. The second-order valence-corrected chi connectivity index (χ2v) is 4.85. The first kappa shape index (κ1) is 16.4. The van der Waals surface area contributed by atoms with Crippen molar-refractivity contribution in [1.82, 2.24) is 0 Å². The fraction of sp³-hybridized carbons (Fsp3) is 0.600. The molecular formula is C15H22O5. The SMILES string of the molecule is CCCCCO/C=C/C1=C(CCC(=O)O)C(=O)CC1O. The Morgan fingerprint density at radius 1 is 1.45 bits per heavy atom. The van der Waals surface area contributed by atoms with Crippen LogP contribution < -0.4 is 0 Å². The zero-order valence-corrected chi connectivity index (χ0v) is 11.8. The van der Waals surface area contributed by atoms with E-state index in [0.29, 0.717) is 17.8 Å². The molecule has 0 bridgehead atoms. The number of carbonyl (C=O) groups excluding carboxylic acids is 1. The van der Waals surface area contributed by atoms with Crippen LogP contribution >= 0.6 is 0 Å². The summed E-state index contributed by atoms with van der Waals surface area (Å²) in [5, 5.41) is 18.5. The quantitative estimate of drug-likeness (QED) is 0.500. The smallest absolute Gasteiger partial charge is 0.303 e. The van der Waals surface area contributed by atoms with Crippen LogP contribution in [0, 0.1) is 0 Å². The highest BCUT2D eigenvalue weighted by atomic mass is 16.5. The van der Waals surface area contributed by atoms with Crippen LogP contribution in [0.4, 0.5) is 0 Å². The van der Waals surface area contributed by atoms with Crippen molar-refractivity contribution in [3.63, 3.8) is 0 Å². The number of Topliss-reactive ketones (excluding diaryl/α,β-unsaturated/α-hetero) is 1. The Morgan fingerprint density at radius 2 is 2.20 bits per heavy atom. The third-order valence-electron chi connectivity index (χ3n) is 3.22. The molecule has 5 heteroatoms. The fourth-order valence-corrected chi connectivity index (χ4v) is 2.12. The molecule has 0 fully saturated rings. The molecule has 112 valence electrons. The molecule has 0 aliphatic heterocycles. The van der Waals surface area contributed by atoms with Gasteiger partial charge >= 0.3 is 5.97 Å². The Labute approximate surface area is 118 Å². The third-order valence-corrected chi connectivity index (χ3v) is 3.22. The second kappa shape index (κ2) is 8.53. The summed E-state index contributed by atoms with van der Waals surface area (Å²) in [5.41, 5.74) is 0.903. The summed E-state index contributed by atoms with van der Waals surface area (Å²) in [6.45, 7) is 2.71. The van der Waals surface area contributed by atoms with Gasteiger partial charge < -0.3 is 14.9 Å². The van der Waals surface area contributed by atoms with E-state index >= 15 is 0 Å². The van der Waals surface area contributed by atoms with Gasteiger partial charge in [0, 0.05) is 18.4 Å². The molecule has 20 heavy (non-hydrogen) atoms. The van der Waals surface area contributed by atoms with Gasteiger partial charge in [0.2, 0.25) is 0 Å². The van der Waals surface area contributed by atoms with Gasteiger partial charge in [-0.15, -0.1) is 0 Å². The zero-order chi connectivity index (χ0) is 15.0. The van der Waals surface area contributed by atoms with E-state index in [1.165, 1.54) is 6.26 Å². The number of hydrogen-bond donors (Lipinski definition) is 2. The fourth-order valence-electron chi connectivity index (χ4n) is 2.12. The minimum atomic E-state index is -0.953. The average Bonchev–Trinajstić information content (AvgIpc) is 2.65. The van der Waals surface area contributed by atoms with Crippen LogP contribution in [0.3, 0.4) is 0 Å². The van der Waals surface area contributed by atoms with Crippen molar-refractivity contribution in [3.8, 4) is 0 Å². The molecular weight excluding hydrogens is 260 g/mol. The van der Waals surface area contributed by atoms with E-state index < -0.39 is 12.1 Å². The van der Waals surface area contributed by atoms with Crippen LogP contribution in [-0.2, 0) is 14.3 Å². The molecule has 1 unspecified atom stereocenters. The van der Waals surface area contributed by atoms with Crippen molar-refractivity contribution >= 4 is 11.8 Å². The largest absolute Gasteiger partial charge is 0.501 e. The van der Waals surface area contributed by atoms with Crippen LogP contribution in [0.1, 0.15) is 45.4 Å². The molecule has 2 N–H and O–H groups in total. The molecule has 0 aromatic carbocycles. The van der Waals surface area contributed by atoms with E-state index in [2.05, 4.69) is 6.92 Å². The van der Waals surface area contributed by atoms with Crippen molar-refractivity contribution in [2.24, 2.45) is 0 Å². The highest BCUT2D eigenvalue weighted by molar-refractivity contribution is 6.00. The van der Waals surface area contributed by atoms with Gasteiger partial charge in [-0.05, 0) is 24.5 Å². The summed E-state index contributed by atoms with van der Waals surface area (Å²) in [4.78, 5) is 22.3. The number of ketones is 1. The molecule has 0 aromatic rings. The first-order valence-electron chi connectivity index (χ1n) is 7.00. The summed E-state index contributed by atoms with van der Waals surface area (Å²) in [6.07, 6.45) is 5.47. The molecule has 1 rings (SSSR count). The van der Waals surface area contributed by atoms with Gasteiger partial charge in [-0.25, -0.2) is 0 Å². The Hall–Kier alpha value is -1.62. The number of aliphatic hydroxyl groups excluding tert-OH is 1. The van der Waals surface area contributed by atoms with Crippen LogP contribution in [0.5, 0.6) is 0 Å². The Balaban J connectivity index is 2.58. The molecule has 0 radical (unpaired) electrons. The van der Waals surface area contributed by atoms with Crippen molar-refractivity contribution in [2.45, 2.75) is 51.6 Å². The maximum absolute atomic E-state index is 11.7. The summed E-state index contributed by atoms with van der Waals surface area (Å²) < 4.78 is 5.30. The van der Waals surface area contributed by atoms with Crippen molar-refractivity contribution in [1.29, 1.82) is 0 Å². The first-order chi connectivity index (χ1) is 9.56. The molecule has 0 amide bonds. The van der Waals surface area contributed by atoms with E-state index in [1.807, 2.05) is 0 Å². The zero-order valence-electron chi connectivity index (χ0n) is 11.8. The standard InChI is InChI=1S/C15H22O5/c1-2-3-4-8-20-9-7-12-11(5-6-15(18)19)13(16)10-14(12)17/h7,9,14,17H,2-6,8,10H2,1H3,(H,18,19)/b9-7+. The van der Waals surface area contributed by atoms with Gasteiger partial charge in [0.1, 0.15) is 0 Å². The molecule has 1 aliphatic rings. The van der Waals surface area contributed by atoms with Crippen molar-refractivity contribution < 1.29 is 24.5 Å². The van der Waals surface area contributed by atoms with Gasteiger partial charge in [-0.1, -0.05) is 19.8 Å². The predicted molar refractivity (Wildman–Crippen MR) is 74.1 cm³/mol. The number of aliphatic carboxylic acids is 1. The monoisotopic (exact) mass is 282 g/mol. The summed E-state index contributed by atoms with van der Waals surface area (Å²) in [7, 11) is 0. The molecule has 0 saturated carbocycles. The van der Waals surface area contributed by atoms with E-state index in [-0.39, 0.29) is 25.0 Å².